The second kappa shape index (κ2) is 8.93. The van der Waals surface area contributed by atoms with Gasteiger partial charge in [0.25, 0.3) is 11.6 Å². The van der Waals surface area contributed by atoms with Crippen molar-refractivity contribution in [3.05, 3.63) is 98.1 Å². The van der Waals surface area contributed by atoms with Crippen LogP contribution < -0.4 is 5.32 Å². The van der Waals surface area contributed by atoms with Gasteiger partial charge in [-0.1, -0.05) is 17.7 Å². The Morgan fingerprint density at radius 1 is 1.06 bits per heavy atom. The van der Waals surface area contributed by atoms with E-state index in [0.29, 0.717) is 34.8 Å². The topological polar surface area (TPSA) is 110 Å². The van der Waals surface area contributed by atoms with Crippen LogP contribution in [-0.2, 0) is 23.0 Å². The number of nitrogens with one attached hydrogen (secondary N) is 1. The third-order valence-electron chi connectivity index (χ3n) is 5.55. The normalized spacial score (nSPS) is 13.9. The lowest BCUT2D eigenvalue weighted by Crippen LogP contribution is -2.36. The molecule has 10 heteroatoms. The smallest absolute Gasteiger partial charge is 0.272 e. The predicted octanol–water partition coefficient (Wildman–Crippen LogP) is 4.56. The lowest BCUT2D eigenvalue weighted by molar-refractivity contribution is -0.385. The maximum absolute atomic E-state index is 13.0. The van der Waals surface area contributed by atoms with Crippen LogP contribution in [0.2, 0.25) is 5.02 Å². The van der Waals surface area contributed by atoms with Gasteiger partial charge in [-0.05, 0) is 73.0 Å². The molecule has 0 radical (unpaired) electrons. The quantitative estimate of drug-likeness (QED) is 0.421. The average Bonchev–Trinajstić information content (AvgIpc) is 2.78. The second-order valence-corrected chi connectivity index (χ2v) is 10.1. The molecule has 1 N–H and O–H groups in total. The molecule has 1 aliphatic rings. The fourth-order valence-electron chi connectivity index (χ4n) is 3.77. The molecular weight excluding hydrogens is 466 g/mol. The first-order valence-corrected chi connectivity index (χ1v) is 11.9. The van der Waals surface area contributed by atoms with Crippen molar-refractivity contribution in [3.8, 4) is 0 Å². The molecular formula is C23H20ClN3O5S. The summed E-state index contributed by atoms with van der Waals surface area (Å²) >= 11 is 5.88. The Morgan fingerprint density at radius 2 is 1.79 bits per heavy atom. The average molecular weight is 486 g/mol. The number of aryl methyl sites for hydroxylation is 1. The van der Waals surface area contributed by atoms with Crippen molar-refractivity contribution in [2.24, 2.45) is 0 Å². The molecule has 0 bridgehead atoms. The third kappa shape index (κ3) is 4.75. The Hall–Kier alpha value is -3.27. The Bertz CT molecular complexity index is 1360. The fourth-order valence-corrected chi connectivity index (χ4v) is 5.32. The molecule has 0 saturated carbocycles. The Labute approximate surface area is 196 Å². The van der Waals surface area contributed by atoms with Crippen LogP contribution in [0.25, 0.3) is 0 Å². The van der Waals surface area contributed by atoms with Crippen molar-refractivity contribution in [2.75, 3.05) is 11.9 Å². The number of nitrogens with zero attached hydrogens (tertiary/aromatic N) is 2. The molecule has 8 nitrogen and oxygen atoms in total. The van der Waals surface area contributed by atoms with Gasteiger partial charge in [-0.15, -0.1) is 0 Å². The van der Waals surface area contributed by atoms with Crippen LogP contribution >= 0.6 is 11.6 Å². The maximum Gasteiger partial charge on any atom is 0.272 e. The molecule has 0 aliphatic carbocycles. The molecule has 1 heterocycles. The highest BCUT2D eigenvalue weighted by Gasteiger charge is 2.28. The molecule has 4 rings (SSSR count). The van der Waals surface area contributed by atoms with Crippen LogP contribution in [0, 0.1) is 17.0 Å². The molecule has 0 unspecified atom stereocenters. The molecule has 1 aliphatic heterocycles. The van der Waals surface area contributed by atoms with Crippen LogP contribution in [0.15, 0.2) is 65.6 Å². The van der Waals surface area contributed by atoms with Crippen molar-refractivity contribution in [1.29, 1.82) is 0 Å². The molecule has 1 amide bonds. The summed E-state index contributed by atoms with van der Waals surface area (Å²) in [6.45, 7) is 2.11. The summed E-state index contributed by atoms with van der Waals surface area (Å²) in [7, 11) is -3.68. The lowest BCUT2D eigenvalue weighted by atomic mass is 10.0. The van der Waals surface area contributed by atoms with E-state index in [1.165, 1.54) is 34.6 Å². The molecule has 0 aromatic heterocycles. The van der Waals surface area contributed by atoms with E-state index in [1.54, 1.807) is 31.2 Å². The van der Waals surface area contributed by atoms with Crippen molar-refractivity contribution in [1.82, 2.24) is 4.31 Å². The van der Waals surface area contributed by atoms with E-state index in [9.17, 15) is 23.3 Å². The minimum atomic E-state index is -3.68. The molecule has 0 atom stereocenters. The van der Waals surface area contributed by atoms with E-state index in [4.69, 9.17) is 11.6 Å². The summed E-state index contributed by atoms with van der Waals surface area (Å²) in [5.74, 6) is -0.408. The number of halogens is 1. The van der Waals surface area contributed by atoms with Gasteiger partial charge in [-0.3, -0.25) is 14.9 Å². The number of sulfonamides is 1. The number of benzene rings is 3. The Morgan fingerprint density at radius 3 is 2.45 bits per heavy atom. The van der Waals surface area contributed by atoms with Crippen LogP contribution in [0.3, 0.4) is 0 Å². The Balaban J connectivity index is 1.53. The maximum atomic E-state index is 13.0. The van der Waals surface area contributed by atoms with Gasteiger partial charge in [0.05, 0.1) is 9.82 Å². The second-order valence-electron chi connectivity index (χ2n) is 7.74. The van der Waals surface area contributed by atoms with Crippen molar-refractivity contribution in [3.63, 3.8) is 0 Å². The Kier molecular flexibility index (Phi) is 6.20. The van der Waals surface area contributed by atoms with Gasteiger partial charge < -0.3 is 5.32 Å². The number of nitro benzene ring substituents is 1. The van der Waals surface area contributed by atoms with Crippen molar-refractivity contribution in [2.45, 2.75) is 24.8 Å². The number of anilines is 1. The molecule has 33 heavy (non-hydrogen) atoms. The van der Waals surface area contributed by atoms with E-state index in [-0.39, 0.29) is 17.1 Å². The van der Waals surface area contributed by atoms with E-state index >= 15 is 0 Å². The van der Waals surface area contributed by atoms with Crippen LogP contribution in [-0.4, -0.2) is 30.1 Å². The molecule has 0 spiro atoms. The van der Waals surface area contributed by atoms with E-state index in [2.05, 4.69) is 5.32 Å². The zero-order valence-corrected chi connectivity index (χ0v) is 19.2. The fraction of sp³-hybridized carbons (Fsp3) is 0.174. The summed E-state index contributed by atoms with van der Waals surface area (Å²) < 4.78 is 27.5. The highest BCUT2D eigenvalue weighted by atomic mass is 35.5. The number of rotatable bonds is 5. The minimum Gasteiger partial charge on any atom is -0.322 e. The SMILES string of the molecule is Cc1cc(C(=O)Nc2ccc3c(c2)CN(S(=O)(=O)c2ccc(Cl)cc2)CC3)ccc1[N+](=O)[O-]. The van der Waals surface area contributed by atoms with Gasteiger partial charge >= 0.3 is 0 Å². The van der Waals surface area contributed by atoms with E-state index in [1.807, 2.05) is 6.07 Å². The molecule has 170 valence electrons. The first-order chi connectivity index (χ1) is 15.6. The number of fused-ring (bicyclic) bond motifs is 1. The summed E-state index contributed by atoms with van der Waals surface area (Å²) in [6.07, 6.45) is 0.553. The van der Waals surface area contributed by atoms with Gasteiger partial charge in [0.2, 0.25) is 10.0 Å². The van der Waals surface area contributed by atoms with Crippen LogP contribution in [0.5, 0.6) is 0 Å². The van der Waals surface area contributed by atoms with Gasteiger partial charge in [0.15, 0.2) is 0 Å². The number of nitro groups is 1. The third-order valence-corrected chi connectivity index (χ3v) is 7.66. The van der Waals surface area contributed by atoms with E-state index in [0.717, 1.165) is 11.1 Å². The summed E-state index contributed by atoms with van der Waals surface area (Å²) in [5.41, 5.74) is 2.96. The predicted molar refractivity (Wildman–Crippen MR) is 125 cm³/mol. The molecule has 0 fully saturated rings. The van der Waals surface area contributed by atoms with E-state index < -0.39 is 20.9 Å². The van der Waals surface area contributed by atoms with Crippen molar-refractivity contribution >= 4 is 38.9 Å². The van der Waals surface area contributed by atoms with Gasteiger partial charge in [-0.25, -0.2) is 8.42 Å². The monoisotopic (exact) mass is 485 g/mol. The number of carbonyl (C=O) groups is 1. The molecule has 3 aromatic carbocycles. The highest BCUT2D eigenvalue weighted by molar-refractivity contribution is 7.89. The van der Waals surface area contributed by atoms with Crippen LogP contribution in [0.1, 0.15) is 27.0 Å². The summed E-state index contributed by atoms with van der Waals surface area (Å²) in [6, 6.07) is 15.6. The number of amides is 1. The number of carbonyl (C=O) groups excluding carboxylic acids is 1. The summed E-state index contributed by atoms with van der Waals surface area (Å²) in [5, 5.41) is 14.2. The largest absolute Gasteiger partial charge is 0.322 e. The zero-order chi connectivity index (χ0) is 23.8. The first kappa shape index (κ1) is 22.9. The highest BCUT2D eigenvalue weighted by Crippen LogP contribution is 2.28. The van der Waals surface area contributed by atoms with Gasteiger partial charge in [0, 0.05) is 41.0 Å². The van der Waals surface area contributed by atoms with Crippen molar-refractivity contribution < 1.29 is 18.1 Å². The standard InChI is InChI=1S/C23H20ClN3O5S/c1-15-12-17(3-9-22(15)27(29)30)23(28)25-20-6-2-16-10-11-26(14-18(16)13-20)33(31,32)21-7-4-19(24)5-8-21/h2-9,12-13H,10-11,14H2,1H3,(H,25,28). The number of hydrogen-bond acceptors (Lipinski definition) is 5. The van der Waals surface area contributed by atoms with Crippen LogP contribution in [0.4, 0.5) is 11.4 Å². The first-order valence-electron chi connectivity index (χ1n) is 10.1. The number of hydrogen-bond donors (Lipinski definition) is 1. The van der Waals surface area contributed by atoms with Gasteiger partial charge in [-0.2, -0.15) is 4.31 Å². The summed E-state index contributed by atoms with van der Waals surface area (Å²) in [4.78, 5) is 23.3. The zero-order valence-electron chi connectivity index (χ0n) is 17.6. The molecule has 3 aromatic rings. The minimum absolute atomic E-state index is 0.0534. The van der Waals surface area contributed by atoms with Gasteiger partial charge in [0.1, 0.15) is 0 Å². The lowest BCUT2D eigenvalue weighted by Gasteiger charge is -2.28. The molecule has 0 saturated heterocycles.